The Bertz CT molecular complexity index is 661. The predicted molar refractivity (Wildman–Crippen MR) is 65.6 cm³/mol. The van der Waals surface area contributed by atoms with Gasteiger partial charge >= 0.3 is 5.97 Å². The second kappa shape index (κ2) is 4.31. The third-order valence-corrected chi connectivity index (χ3v) is 3.15. The van der Waals surface area contributed by atoms with Crippen molar-refractivity contribution in [2.24, 2.45) is 0 Å². The number of carbonyl (C=O) groups excluding carboxylic acids is 1. The lowest BCUT2D eigenvalue weighted by Crippen LogP contribution is -2.14. The van der Waals surface area contributed by atoms with Crippen LogP contribution in [-0.2, 0) is 6.42 Å². The highest BCUT2D eigenvalue weighted by molar-refractivity contribution is 6.06. The van der Waals surface area contributed by atoms with Crippen molar-refractivity contribution in [2.75, 3.05) is 0 Å². The number of ketones is 1. The topological polar surface area (TPSA) is 85.1 Å². The van der Waals surface area contributed by atoms with Crippen LogP contribution in [0.2, 0.25) is 0 Å². The number of carbonyl (C=O) groups is 2. The van der Waals surface area contributed by atoms with Crippen LogP contribution in [0.5, 0.6) is 0 Å². The Balaban J connectivity index is 2.25. The van der Waals surface area contributed by atoms with Gasteiger partial charge in [0.05, 0.1) is 11.3 Å². The maximum atomic E-state index is 11.9. The fourth-order valence-electron chi connectivity index (χ4n) is 2.34. The van der Waals surface area contributed by atoms with Crippen LogP contribution in [0.15, 0.2) is 24.4 Å². The molecule has 0 fully saturated rings. The summed E-state index contributed by atoms with van der Waals surface area (Å²) in [4.78, 5) is 27.3. The molecule has 6 nitrogen and oxygen atoms in total. The SMILES string of the molecule is O=C(O)c1nn(-c2ccccn2)c2c1C(=O)CCC2. The third-order valence-electron chi connectivity index (χ3n) is 3.15. The highest BCUT2D eigenvalue weighted by atomic mass is 16.4. The smallest absolute Gasteiger partial charge is 0.357 e. The first kappa shape index (κ1) is 11.6. The molecule has 0 radical (unpaired) electrons. The van der Waals surface area contributed by atoms with Gasteiger partial charge in [0.2, 0.25) is 0 Å². The minimum absolute atomic E-state index is 0.152. The Hall–Kier alpha value is -2.50. The van der Waals surface area contributed by atoms with Gasteiger partial charge in [-0.1, -0.05) is 6.07 Å². The zero-order valence-corrected chi connectivity index (χ0v) is 10.0. The van der Waals surface area contributed by atoms with E-state index in [1.807, 2.05) is 0 Å². The highest BCUT2D eigenvalue weighted by Crippen LogP contribution is 2.26. The Morgan fingerprint density at radius 2 is 2.16 bits per heavy atom. The standard InChI is InChI=1S/C13H11N3O3/c17-9-5-3-4-8-11(9)12(13(18)19)15-16(8)10-6-1-2-7-14-10/h1-2,6-7H,3-5H2,(H,18,19). The van der Waals surface area contributed by atoms with Crippen molar-refractivity contribution in [1.82, 2.24) is 14.8 Å². The molecule has 0 amide bonds. The molecule has 19 heavy (non-hydrogen) atoms. The zero-order chi connectivity index (χ0) is 13.4. The number of aromatic carboxylic acids is 1. The molecule has 0 saturated heterocycles. The van der Waals surface area contributed by atoms with E-state index in [-0.39, 0.29) is 17.0 Å². The van der Waals surface area contributed by atoms with Crippen LogP contribution in [-0.4, -0.2) is 31.6 Å². The number of nitrogens with zero attached hydrogens (tertiary/aromatic N) is 3. The predicted octanol–water partition coefficient (Wildman–Crippen LogP) is 1.48. The molecule has 3 rings (SSSR count). The monoisotopic (exact) mass is 257 g/mol. The van der Waals surface area contributed by atoms with Crippen molar-refractivity contribution in [3.63, 3.8) is 0 Å². The van der Waals surface area contributed by atoms with Crippen molar-refractivity contribution in [2.45, 2.75) is 19.3 Å². The maximum Gasteiger partial charge on any atom is 0.357 e. The number of aromatic nitrogens is 3. The number of rotatable bonds is 2. The number of Topliss-reactive ketones (excluding diaryl/α,β-unsaturated/α-hetero) is 1. The summed E-state index contributed by atoms with van der Waals surface area (Å²) in [6.45, 7) is 0. The van der Waals surface area contributed by atoms with Gasteiger partial charge in [0, 0.05) is 12.6 Å². The second-order valence-corrected chi connectivity index (χ2v) is 4.35. The Morgan fingerprint density at radius 1 is 1.32 bits per heavy atom. The van der Waals surface area contributed by atoms with Crippen LogP contribution >= 0.6 is 0 Å². The number of hydrogen-bond acceptors (Lipinski definition) is 4. The second-order valence-electron chi connectivity index (χ2n) is 4.35. The van der Waals surface area contributed by atoms with E-state index in [0.29, 0.717) is 30.8 Å². The van der Waals surface area contributed by atoms with E-state index >= 15 is 0 Å². The van der Waals surface area contributed by atoms with Crippen molar-refractivity contribution in [3.8, 4) is 5.82 Å². The number of fused-ring (bicyclic) bond motifs is 1. The van der Waals surface area contributed by atoms with Gasteiger partial charge in [-0.3, -0.25) is 4.79 Å². The maximum absolute atomic E-state index is 11.9. The minimum Gasteiger partial charge on any atom is -0.476 e. The molecule has 0 saturated carbocycles. The summed E-state index contributed by atoms with van der Waals surface area (Å²) < 4.78 is 1.47. The Labute approximate surface area is 108 Å². The summed E-state index contributed by atoms with van der Waals surface area (Å²) in [5, 5.41) is 13.2. The van der Waals surface area contributed by atoms with Crippen LogP contribution < -0.4 is 0 Å². The summed E-state index contributed by atoms with van der Waals surface area (Å²) >= 11 is 0. The fourth-order valence-corrected chi connectivity index (χ4v) is 2.34. The lowest BCUT2D eigenvalue weighted by atomic mass is 9.94. The average molecular weight is 257 g/mol. The van der Waals surface area contributed by atoms with Gasteiger partial charge in [0.25, 0.3) is 0 Å². The van der Waals surface area contributed by atoms with Gasteiger partial charge in [-0.2, -0.15) is 5.10 Å². The van der Waals surface area contributed by atoms with Gasteiger partial charge < -0.3 is 5.11 Å². The molecule has 0 spiro atoms. The van der Waals surface area contributed by atoms with Crippen molar-refractivity contribution >= 4 is 11.8 Å². The molecule has 1 aliphatic rings. The molecular weight excluding hydrogens is 246 g/mol. The molecule has 0 aliphatic heterocycles. The zero-order valence-electron chi connectivity index (χ0n) is 10.0. The van der Waals surface area contributed by atoms with Gasteiger partial charge in [-0.25, -0.2) is 14.5 Å². The molecule has 96 valence electrons. The normalized spacial score (nSPS) is 14.2. The van der Waals surface area contributed by atoms with Gasteiger partial charge in [-0.15, -0.1) is 0 Å². The van der Waals surface area contributed by atoms with Gasteiger partial charge in [0.15, 0.2) is 17.3 Å². The van der Waals surface area contributed by atoms with E-state index in [2.05, 4.69) is 10.1 Å². The minimum atomic E-state index is -1.18. The number of pyridine rings is 1. The van der Waals surface area contributed by atoms with Crippen molar-refractivity contribution < 1.29 is 14.7 Å². The molecule has 6 heteroatoms. The number of carboxylic acids is 1. The summed E-state index contributed by atoms with van der Waals surface area (Å²) in [7, 11) is 0. The van der Waals surface area contributed by atoms with Crippen LogP contribution in [0.4, 0.5) is 0 Å². The molecule has 2 aromatic rings. The average Bonchev–Trinajstić information content (AvgIpc) is 2.81. The van der Waals surface area contributed by atoms with E-state index in [0.717, 1.165) is 0 Å². The first-order valence-corrected chi connectivity index (χ1v) is 5.98. The fraction of sp³-hybridized carbons (Fsp3) is 0.231. The van der Waals surface area contributed by atoms with Crippen LogP contribution in [0.1, 0.15) is 39.4 Å². The van der Waals surface area contributed by atoms with E-state index in [9.17, 15) is 14.7 Å². The number of carboxylic acid groups (broad SMARTS) is 1. The largest absolute Gasteiger partial charge is 0.476 e. The van der Waals surface area contributed by atoms with E-state index in [4.69, 9.17) is 0 Å². The van der Waals surface area contributed by atoms with E-state index < -0.39 is 5.97 Å². The van der Waals surface area contributed by atoms with E-state index in [1.54, 1.807) is 24.4 Å². The van der Waals surface area contributed by atoms with E-state index in [1.165, 1.54) is 4.68 Å². The lowest BCUT2D eigenvalue weighted by molar-refractivity contribution is 0.0684. The highest BCUT2D eigenvalue weighted by Gasteiger charge is 2.30. The summed E-state index contributed by atoms with van der Waals surface area (Å²) in [6, 6.07) is 5.29. The van der Waals surface area contributed by atoms with Gasteiger partial charge in [0.1, 0.15) is 0 Å². The summed E-state index contributed by atoms with van der Waals surface area (Å²) in [5.41, 5.74) is 0.710. The molecule has 2 heterocycles. The third kappa shape index (κ3) is 1.81. The Kier molecular flexibility index (Phi) is 2.63. The van der Waals surface area contributed by atoms with Crippen LogP contribution in [0.25, 0.3) is 5.82 Å². The summed E-state index contributed by atoms with van der Waals surface area (Å²) in [5.74, 6) is -0.803. The van der Waals surface area contributed by atoms with Crippen molar-refractivity contribution in [3.05, 3.63) is 41.3 Å². The first-order valence-electron chi connectivity index (χ1n) is 5.98. The quantitative estimate of drug-likeness (QED) is 0.880. The molecule has 1 aliphatic carbocycles. The molecule has 0 atom stereocenters. The van der Waals surface area contributed by atoms with Gasteiger partial charge in [-0.05, 0) is 25.0 Å². The molecule has 0 bridgehead atoms. The first-order chi connectivity index (χ1) is 9.18. The molecule has 2 aromatic heterocycles. The summed E-state index contributed by atoms with van der Waals surface area (Å²) in [6.07, 6.45) is 3.33. The molecule has 1 N–H and O–H groups in total. The Morgan fingerprint density at radius 3 is 2.84 bits per heavy atom. The van der Waals surface area contributed by atoms with Crippen molar-refractivity contribution in [1.29, 1.82) is 0 Å². The molecule has 0 unspecified atom stereocenters. The lowest BCUT2D eigenvalue weighted by Gasteiger charge is -2.12. The molecule has 0 aromatic carbocycles. The van der Waals surface area contributed by atoms with Crippen LogP contribution in [0.3, 0.4) is 0 Å². The van der Waals surface area contributed by atoms with Crippen LogP contribution in [0, 0.1) is 0 Å². The molecular formula is C13H11N3O3. The number of hydrogen-bond donors (Lipinski definition) is 1.